The van der Waals surface area contributed by atoms with Crippen LogP contribution in [0.3, 0.4) is 0 Å². The molecule has 14 heavy (non-hydrogen) atoms. The van der Waals surface area contributed by atoms with Crippen LogP contribution in [-0.2, 0) is 6.54 Å². The molecule has 0 aliphatic carbocycles. The summed E-state index contributed by atoms with van der Waals surface area (Å²) in [5, 5.41) is 0. The predicted molar refractivity (Wildman–Crippen MR) is 50.2 cm³/mol. The smallest absolute Gasteiger partial charge is 0.267 e. The van der Waals surface area contributed by atoms with Gasteiger partial charge >= 0.3 is 0 Å². The molecule has 3 nitrogen and oxygen atoms in total. The van der Waals surface area contributed by atoms with Crippen LogP contribution in [0, 0.1) is 0 Å². The van der Waals surface area contributed by atoms with Crippen molar-refractivity contribution in [2.24, 2.45) is 5.73 Å². The molecule has 2 N–H and O–H groups in total. The lowest BCUT2D eigenvalue weighted by Gasteiger charge is -2.09. The maximum Gasteiger partial charge on any atom is 0.267 e. The van der Waals surface area contributed by atoms with Gasteiger partial charge in [-0.2, -0.15) is 0 Å². The number of carbonyl (C=O) groups excluding carboxylic acids is 1. The minimum atomic E-state index is -2.75. The van der Waals surface area contributed by atoms with Gasteiger partial charge in [0.15, 0.2) is 6.29 Å². The third-order valence-electron chi connectivity index (χ3n) is 1.75. The summed E-state index contributed by atoms with van der Waals surface area (Å²) in [4.78, 5) is 14.3. The van der Waals surface area contributed by atoms with Gasteiger partial charge in [0.2, 0.25) is 0 Å². The topological polar surface area (TPSA) is 56.0 Å². The molecule has 0 atom stereocenters. The van der Waals surface area contributed by atoms with Crippen LogP contribution >= 0.6 is 15.9 Å². The van der Waals surface area contributed by atoms with E-state index in [2.05, 4.69) is 20.9 Å². The molecular weight excluding hydrogens is 258 g/mol. The molecule has 0 fully saturated rings. The summed E-state index contributed by atoms with van der Waals surface area (Å²) in [7, 11) is 0. The molecule has 1 heterocycles. The highest BCUT2D eigenvalue weighted by molar-refractivity contribution is 9.10. The molecule has 76 valence electrons. The third kappa shape index (κ3) is 1.96. The number of alkyl halides is 2. The van der Waals surface area contributed by atoms with Crippen LogP contribution in [0.1, 0.15) is 27.9 Å². The van der Waals surface area contributed by atoms with Gasteiger partial charge in [-0.25, -0.2) is 13.8 Å². The first kappa shape index (κ1) is 11.2. The Morgan fingerprint density at radius 2 is 2.29 bits per heavy atom. The Kier molecular flexibility index (Phi) is 3.65. The summed E-state index contributed by atoms with van der Waals surface area (Å²) in [5.74, 6) is 0. The highest BCUT2D eigenvalue weighted by Crippen LogP contribution is 2.29. The molecule has 6 heteroatoms. The molecule has 0 aliphatic heterocycles. The van der Waals surface area contributed by atoms with Crippen LogP contribution in [0.2, 0.25) is 0 Å². The van der Waals surface area contributed by atoms with Crippen molar-refractivity contribution in [2.45, 2.75) is 13.0 Å². The van der Waals surface area contributed by atoms with Crippen LogP contribution in [0.25, 0.3) is 0 Å². The number of hydrogen-bond acceptors (Lipinski definition) is 3. The Hall–Kier alpha value is -0.880. The monoisotopic (exact) mass is 264 g/mol. The highest BCUT2D eigenvalue weighted by atomic mass is 79.9. The van der Waals surface area contributed by atoms with Gasteiger partial charge < -0.3 is 5.73 Å². The second kappa shape index (κ2) is 4.56. The van der Waals surface area contributed by atoms with Gasteiger partial charge in [-0.1, -0.05) is 0 Å². The van der Waals surface area contributed by atoms with E-state index in [1.54, 1.807) is 0 Å². The zero-order valence-corrected chi connectivity index (χ0v) is 8.59. The first-order chi connectivity index (χ1) is 6.61. The lowest BCUT2D eigenvalue weighted by Crippen LogP contribution is -2.07. The van der Waals surface area contributed by atoms with E-state index in [1.165, 1.54) is 6.20 Å². The number of halogens is 3. The number of pyridine rings is 1. The van der Waals surface area contributed by atoms with Gasteiger partial charge in [-0.05, 0) is 21.5 Å². The van der Waals surface area contributed by atoms with Gasteiger partial charge in [0, 0.05) is 18.3 Å². The lowest BCUT2D eigenvalue weighted by atomic mass is 10.1. The Bertz CT molecular complexity index is 357. The summed E-state index contributed by atoms with van der Waals surface area (Å²) < 4.78 is 25.0. The largest absolute Gasteiger partial charge is 0.326 e. The average Bonchev–Trinajstić information content (AvgIpc) is 2.16. The van der Waals surface area contributed by atoms with E-state index in [0.29, 0.717) is 11.8 Å². The molecule has 0 amide bonds. The zero-order chi connectivity index (χ0) is 10.7. The maximum absolute atomic E-state index is 12.5. The maximum atomic E-state index is 12.5. The van der Waals surface area contributed by atoms with E-state index in [1.807, 2.05) is 0 Å². The Labute approximate surface area is 87.4 Å². The van der Waals surface area contributed by atoms with Gasteiger partial charge in [0.25, 0.3) is 6.43 Å². The number of aldehydes is 1. The third-order valence-corrected chi connectivity index (χ3v) is 2.38. The van der Waals surface area contributed by atoms with Crippen molar-refractivity contribution in [3.63, 3.8) is 0 Å². The summed E-state index contributed by atoms with van der Waals surface area (Å²) in [5.41, 5.74) is 5.12. The van der Waals surface area contributed by atoms with Gasteiger partial charge in [-0.3, -0.25) is 4.79 Å². The Morgan fingerprint density at radius 1 is 1.64 bits per heavy atom. The fourth-order valence-corrected chi connectivity index (χ4v) is 1.56. The standard InChI is InChI=1S/C8H7BrF2N2O/c9-7-6(8(10)11)5(3-14)4(1-12)2-13-7/h2-3,8H,1,12H2. The molecule has 1 rings (SSSR count). The van der Waals surface area contributed by atoms with Crippen LogP contribution in [0.4, 0.5) is 8.78 Å². The Morgan fingerprint density at radius 3 is 2.71 bits per heavy atom. The minimum Gasteiger partial charge on any atom is -0.326 e. The second-order valence-corrected chi connectivity index (χ2v) is 3.28. The number of hydrogen-bond donors (Lipinski definition) is 1. The van der Waals surface area contributed by atoms with E-state index < -0.39 is 12.0 Å². The fourth-order valence-electron chi connectivity index (χ4n) is 1.07. The first-order valence-corrected chi connectivity index (χ1v) is 4.51. The van der Waals surface area contributed by atoms with E-state index >= 15 is 0 Å². The van der Waals surface area contributed by atoms with E-state index in [9.17, 15) is 13.6 Å². The zero-order valence-electron chi connectivity index (χ0n) is 7.01. The number of carbonyl (C=O) groups is 1. The van der Waals surface area contributed by atoms with E-state index in [-0.39, 0.29) is 16.7 Å². The molecule has 0 aromatic carbocycles. The van der Waals surface area contributed by atoms with Gasteiger partial charge in [-0.15, -0.1) is 0 Å². The van der Waals surface area contributed by atoms with Crippen molar-refractivity contribution >= 4 is 22.2 Å². The lowest BCUT2D eigenvalue weighted by molar-refractivity contribution is 0.110. The van der Waals surface area contributed by atoms with Crippen LogP contribution in [0.15, 0.2) is 10.8 Å². The average molecular weight is 265 g/mol. The summed E-state index contributed by atoms with van der Waals surface area (Å²) >= 11 is 2.86. The number of aromatic nitrogens is 1. The molecule has 0 aliphatic rings. The quantitative estimate of drug-likeness (QED) is 0.672. The van der Waals surface area contributed by atoms with Crippen molar-refractivity contribution in [3.05, 3.63) is 27.5 Å². The van der Waals surface area contributed by atoms with E-state index in [4.69, 9.17) is 5.73 Å². The molecule has 0 unspecified atom stereocenters. The number of nitrogens with zero attached hydrogens (tertiary/aromatic N) is 1. The van der Waals surface area contributed by atoms with Crippen LogP contribution in [0.5, 0.6) is 0 Å². The normalized spacial score (nSPS) is 10.6. The molecule has 1 aromatic rings. The fraction of sp³-hybridized carbons (Fsp3) is 0.250. The molecule has 0 saturated heterocycles. The summed E-state index contributed by atoms with van der Waals surface area (Å²) in [6.07, 6.45) is -1.07. The predicted octanol–water partition coefficient (Wildman–Crippen LogP) is 2.05. The Balaban J connectivity index is 3.42. The molecule has 1 aromatic heterocycles. The van der Waals surface area contributed by atoms with Crippen molar-refractivity contribution in [1.29, 1.82) is 0 Å². The van der Waals surface area contributed by atoms with Crippen molar-refractivity contribution in [1.82, 2.24) is 4.98 Å². The highest BCUT2D eigenvalue weighted by Gasteiger charge is 2.20. The number of nitrogens with two attached hydrogens (primary N) is 1. The molecule has 0 bridgehead atoms. The number of rotatable bonds is 3. The molecule has 0 spiro atoms. The second-order valence-electron chi connectivity index (χ2n) is 2.52. The molecular formula is C8H7BrF2N2O. The van der Waals surface area contributed by atoms with Crippen molar-refractivity contribution in [3.8, 4) is 0 Å². The SMILES string of the molecule is NCc1cnc(Br)c(C(F)F)c1C=O. The van der Waals surface area contributed by atoms with Crippen LogP contribution < -0.4 is 5.73 Å². The van der Waals surface area contributed by atoms with Gasteiger partial charge in [0.05, 0.1) is 5.56 Å². The summed E-state index contributed by atoms with van der Waals surface area (Å²) in [6.45, 7) is 0.00801. The minimum absolute atomic E-state index is 0.00801. The van der Waals surface area contributed by atoms with Gasteiger partial charge in [0.1, 0.15) is 4.60 Å². The van der Waals surface area contributed by atoms with Crippen molar-refractivity contribution < 1.29 is 13.6 Å². The molecule has 0 radical (unpaired) electrons. The van der Waals surface area contributed by atoms with Crippen molar-refractivity contribution in [2.75, 3.05) is 0 Å². The van der Waals surface area contributed by atoms with E-state index in [0.717, 1.165) is 0 Å². The van der Waals surface area contributed by atoms with Crippen LogP contribution in [-0.4, -0.2) is 11.3 Å². The molecule has 0 saturated carbocycles. The summed E-state index contributed by atoms with van der Waals surface area (Å²) in [6, 6.07) is 0. The first-order valence-electron chi connectivity index (χ1n) is 3.72.